The second kappa shape index (κ2) is 6.66. The van der Waals surface area contributed by atoms with Gasteiger partial charge in [0, 0.05) is 22.8 Å². The molecule has 23 heavy (non-hydrogen) atoms. The fourth-order valence-corrected chi connectivity index (χ4v) is 2.14. The van der Waals surface area contributed by atoms with Crippen LogP contribution >= 0.6 is 15.9 Å². The smallest absolute Gasteiger partial charge is 0.181 e. The topological polar surface area (TPSA) is 55.6 Å². The number of nitrogens with zero attached hydrogens (tertiary/aromatic N) is 4. The maximum Gasteiger partial charge on any atom is 0.181 e. The van der Waals surface area contributed by atoms with Gasteiger partial charge in [-0.2, -0.15) is 4.68 Å². The van der Waals surface area contributed by atoms with E-state index >= 15 is 0 Å². The molecule has 0 aliphatic rings. The monoisotopic (exact) mass is 377 g/mol. The minimum Gasteiger partial charge on any atom is -0.359 e. The Balaban J connectivity index is 1.78. The highest BCUT2D eigenvalue weighted by molar-refractivity contribution is 9.10. The molecule has 116 valence electrons. The van der Waals surface area contributed by atoms with Crippen molar-refractivity contribution < 1.29 is 8.78 Å². The van der Waals surface area contributed by atoms with Crippen molar-refractivity contribution in [3.05, 3.63) is 70.6 Å². The summed E-state index contributed by atoms with van der Waals surface area (Å²) in [6.07, 6.45) is 3.07. The average molecular weight is 378 g/mol. The van der Waals surface area contributed by atoms with Crippen molar-refractivity contribution in [2.75, 3.05) is 5.32 Å². The first-order valence-electron chi connectivity index (χ1n) is 6.56. The van der Waals surface area contributed by atoms with E-state index in [1.165, 1.54) is 23.0 Å². The summed E-state index contributed by atoms with van der Waals surface area (Å²) in [4.78, 5) is 0. The summed E-state index contributed by atoms with van der Waals surface area (Å²) >= 11 is 3.36. The zero-order chi connectivity index (χ0) is 16.2. The maximum absolute atomic E-state index is 13.5. The Morgan fingerprint density at radius 2 is 1.87 bits per heavy atom. The summed E-state index contributed by atoms with van der Waals surface area (Å²) in [6, 6.07) is 10.7. The van der Waals surface area contributed by atoms with Crippen molar-refractivity contribution >= 4 is 27.7 Å². The molecule has 0 fully saturated rings. The Labute approximate surface area is 138 Å². The molecule has 0 aliphatic heterocycles. The Bertz CT molecular complexity index is 845. The van der Waals surface area contributed by atoms with Crippen LogP contribution in [0.1, 0.15) is 5.82 Å². The Morgan fingerprint density at radius 1 is 1.09 bits per heavy atom. The zero-order valence-electron chi connectivity index (χ0n) is 11.6. The third kappa shape index (κ3) is 3.59. The molecule has 8 heteroatoms. The molecule has 0 radical (unpaired) electrons. The van der Waals surface area contributed by atoms with E-state index in [9.17, 15) is 8.78 Å². The van der Waals surface area contributed by atoms with Gasteiger partial charge in [-0.25, -0.2) is 8.78 Å². The fourth-order valence-electron chi connectivity index (χ4n) is 1.88. The van der Waals surface area contributed by atoms with Gasteiger partial charge in [-0.3, -0.25) is 0 Å². The highest BCUT2D eigenvalue weighted by Gasteiger charge is 2.05. The SMILES string of the molecule is Fc1ccc(N/C=C\c2nnnn2-c2ccc(Br)cc2)c(F)c1. The lowest BCUT2D eigenvalue weighted by atomic mass is 10.3. The van der Waals surface area contributed by atoms with Crippen molar-refractivity contribution in [1.82, 2.24) is 20.2 Å². The van der Waals surface area contributed by atoms with E-state index in [4.69, 9.17) is 0 Å². The molecule has 0 bridgehead atoms. The molecule has 2 aromatic carbocycles. The third-order valence-corrected chi connectivity index (χ3v) is 3.50. The van der Waals surface area contributed by atoms with E-state index in [1.807, 2.05) is 24.3 Å². The molecule has 0 atom stereocenters. The lowest BCUT2D eigenvalue weighted by molar-refractivity contribution is 0.586. The Hall–Kier alpha value is -2.61. The van der Waals surface area contributed by atoms with Gasteiger partial charge in [0.25, 0.3) is 0 Å². The molecule has 1 aromatic heterocycles. The van der Waals surface area contributed by atoms with Crippen LogP contribution in [-0.2, 0) is 0 Å². The molecule has 1 N–H and O–H groups in total. The Morgan fingerprint density at radius 3 is 2.61 bits per heavy atom. The van der Waals surface area contributed by atoms with E-state index in [2.05, 4.69) is 36.8 Å². The van der Waals surface area contributed by atoms with Gasteiger partial charge >= 0.3 is 0 Å². The van der Waals surface area contributed by atoms with E-state index < -0.39 is 11.6 Å². The average Bonchev–Trinajstić information content (AvgIpc) is 2.99. The largest absolute Gasteiger partial charge is 0.359 e. The van der Waals surface area contributed by atoms with Crippen LogP contribution in [-0.4, -0.2) is 20.2 Å². The van der Waals surface area contributed by atoms with Gasteiger partial charge in [-0.05, 0) is 46.8 Å². The third-order valence-electron chi connectivity index (χ3n) is 2.97. The number of halogens is 3. The molecule has 0 amide bonds. The number of benzene rings is 2. The van der Waals surface area contributed by atoms with E-state index in [0.717, 1.165) is 16.2 Å². The molecular formula is C15H10BrF2N5. The van der Waals surface area contributed by atoms with Gasteiger partial charge in [-0.1, -0.05) is 15.9 Å². The second-order valence-corrected chi connectivity index (χ2v) is 5.44. The molecule has 0 aliphatic carbocycles. The normalized spacial score (nSPS) is 11.1. The first-order chi connectivity index (χ1) is 11.1. The predicted octanol–water partition coefficient (Wildman–Crippen LogP) is 3.79. The predicted molar refractivity (Wildman–Crippen MR) is 85.9 cm³/mol. The molecule has 0 spiro atoms. The summed E-state index contributed by atoms with van der Waals surface area (Å²) in [5, 5.41) is 14.2. The van der Waals surface area contributed by atoms with Crippen molar-refractivity contribution in [1.29, 1.82) is 0 Å². The first kappa shape index (κ1) is 15.3. The molecular weight excluding hydrogens is 368 g/mol. The van der Waals surface area contributed by atoms with Gasteiger partial charge in [0.2, 0.25) is 0 Å². The summed E-state index contributed by atoms with van der Waals surface area (Å²) < 4.78 is 28.8. The minimum atomic E-state index is -0.679. The molecule has 0 unspecified atom stereocenters. The molecule has 3 rings (SSSR count). The number of hydrogen-bond acceptors (Lipinski definition) is 4. The van der Waals surface area contributed by atoms with Crippen molar-refractivity contribution in [2.45, 2.75) is 0 Å². The highest BCUT2D eigenvalue weighted by atomic mass is 79.9. The van der Waals surface area contributed by atoms with Crippen molar-refractivity contribution in [3.8, 4) is 5.69 Å². The van der Waals surface area contributed by atoms with E-state index in [-0.39, 0.29) is 5.69 Å². The molecule has 1 heterocycles. The Kier molecular flexibility index (Phi) is 4.42. The lowest BCUT2D eigenvalue weighted by Gasteiger charge is -2.03. The summed E-state index contributed by atoms with van der Waals surface area (Å²) in [7, 11) is 0. The molecule has 0 saturated heterocycles. The van der Waals surface area contributed by atoms with Gasteiger partial charge in [0.15, 0.2) is 5.82 Å². The molecule has 0 saturated carbocycles. The number of hydrogen-bond donors (Lipinski definition) is 1. The number of rotatable bonds is 4. The lowest BCUT2D eigenvalue weighted by Crippen LogP contribution is -2.00. The quantitative estimate of drug-likeness (QED) is 0.751. The van der Waals surface area contributed by atoms with Gasteiger partial charge in [0.05, 0.1) is 11.4 Å². The second-order valence-electron chi connectivity index (χ2n) is 4.53. The van der Waals surface area contributed by atoms with Crippen LogP contribution in [0.15, 0.2) is 53.1 Å². The minimum absolute atomic E-state index is 0.158. The number of tetrazole rings is 1. The van der Waals surface area contributed by atoms with Gasteiger partial charge < -0.3 is 5.32 Å². The van der Waals surface area contributed by atoms with Crippen molar-refractivity contribution in [3.63, 3.8) is 0 Å². The summed E-state index contributed by atoms with van der Waals surface area (Å²) in [6.45, 7) is 0. The van der Waals surface area contributed by atoms with Crippen LogP contribution in [0.25, 0.3) is 11.8 Å². The van der Waals surface area contributed by atoms with Crippen LogP contribution < -0.4 is 5.32 Å². The van der Waals surface area contributed by atoms with E-state index in [0.29, 0.717) is 5.82 Å². The number of anilines is 1. The number of nitrogens with one attached hydrogen (secondary N) is 1. The van der Waals surface area contributed by atoms with Crippen LogP contribution in [0, 0.1) is 11.6 Å². The standard InChI is InChI=1S/C15H10BrF2N5/c16-10-1-4-12(5-2-10)23-15(20-21-22-23)7-8-19-14-6-3-11(17)9-13(14)18/h1-9,19H/b8-7-. The maximum atomic E-state index is 13.5. The van der Waals surface area contributed by atoms with Gasteiger partial charge in [-0.15, -0.1) is 5.10 Å². The highest BCUT2D eigenvalue weighted by Crippen LogP contribution is 2.16. The van der Waals surface area contributed by atoms with Crippen molar-refractivity contribution in [2.24, 2.45) is 0 Å². The van der Waals surface area contributed by atoms with Gasteiger partial charge in [0.1, 0.15) is 11.6 Å². The van der Waals surface area contributed by atoms with Crippen LogP contribution in [0.5, 0.6) is 0 Å². The number of aromatic nitrogens is 4. The summed E-state index contributed by atoms with van der Waals surface area (Å²) in [5.41, 5.74) is 0.941. The zero-order valence-corrected chi connectivity index (χ0v) is 13.2. The molecule has 3 aromatic rings. The fraction of sp³-hybridized carbons (Fsp3) is 0. The molecule has 5 nitrogen and oxygen atoms in total. The van der Waals surface area contributed by atoms with Crippen LogP contribution in [0.4, 0.5) is 14.5 Å². The van der Waals surface area contributed by atoms with Crippen LogP contribution in [0.3, 0.4) is 0 Å². The van der Waals surface area contributed by atoms with Crippen LogP contribution in [0.2, 0.25) is 0 Å². The van der Waals surface area contributed by atoms with E-state index in [1.54, 1.807) is 6.08 Å². The first-order valence-corrected chi connectivity index (χ1v) is 7.35. The summed E-state index contributed by atoms with van der Waals surface area (Å²) in [5.74, 6) is -0.847.